The highest BCUT2D eigenvalue weighted by Gasteiger charge is 2.19. The van der Waals surface area contributed by atoms with Gasteiger partial charge in [-0.3, -0.25) is 20.4 Å². The molecule has 2 aromatic carbocycles. The van der Waals surface area contributed by atoms with Gasteiger partial charge in [0.25, 0.3) is 10.0 Å². The standard InChI is InChI=1S/C15H13N3O3S/c19-17-12-7-1-2-9-14(12)22(20,21)18-13-8-3-5-11-6-4-10-16-15(11)13/h1-10,17-19H. The molecular weight excluding hydrogens is 302 g/mol. The minimum atomic E-state index is -3.86. The van der Waals surface area contributed by atoms with Crippen molar-refractivity contribution in [2.45, 2.75) is 4.90 Å². The molecule has 0 unspecified atom stereocenters. The minimum absolute atomic E-state index is 0.0505. The Bertz CT molecular complexity index is 921. The molecule has 0 saturated heterocycles. The molecule has 0 saturated carbocycles. The molecule has 0 spiro atoms. The molecule has 0 atom stereocenters. The molecule has 22 heavy (non-hydrogen) atoms. The average molecular weight is 315 g/mol. The number of pyridine rings is 1. The van der Waals surface area contributed by atoms with Crippen molar-refractivity contribution in [3.63, 3.8) is 0 Å². The highest BCUT2D eigenvalue weighted by molar-refractivity contribution is 7.93. The van der Waals surface area contributed by atoms with Crippen molar-refractivity contribution in [2.24, 2.45) is 0 Å². The lowest BCUT2D eigenvalue weighted by Crippen LogP contribution is -2.15. The van der Waals surface area contributed by atoms with E-state index in [9.17, 15) is 8.42 Å². The van der Waals surface area contributed by atoms with Gasteiger partial charge >= 0.3 is 0 Å². The monoisotopic (exact) mass is 315 g/mol. The molecule has 3 rings (SSSR count). The van der Waals surface area contributed by atoms with Gasteiger partial charge in [-0.05, 0) is 24.3 Å². The molecule has 0 radical (unpaired) electrons. The SMILES string of the molecule is O=S(=O)(Nc1cccc2cccnc12)c1ccccc1NO. The maximum Gasteiger partial charge on any atom is 0.264 e. The Morgan fingerprint density at radius 3 is 2.45 bits per heavy atom. The lowest BCUT2D eigenvalue weighted by atomic mass is 10.2. The number of para-hydroxylation sites is 2. The Morgan fingerprint density at radius 1 is 0.909 bits per heavy atom. The van der Waals surface area contributed by atoms with E-state index in [4.69, 9.17) is 5.21 Å². The van der Waals surface area contributed by atoms with Crippen molar-refractivity contribution >= 4 is 32.3 Å². The highest BCUT2D eigenvalue weighted by atomic mass is 32.2. The first-order chi connectivity index (χ1) is 10.6. The smallest absolute Gasteiger partial charge is 0.264 e. The number of benzene rings is 2. The summed E-state index contributed by atoms with van der Waals surface area (Å²) in [7, 11) is -3.86. The van der Waals surface area contributed by atoms with Crippen LogP contribution in [0.4, 0.5) is 11.4 Å². The summed E-state index contributed by atoms with van der Waals surface area (Å²) in [6.45, 7) is 0. The van der Waals surface area contributed by atoms with Gasteiger partial charge in [0.15, 0.2) is 0 Å². The normalized spacial score (nSPS) is 11.3. The van der Waals surface area contributed by atoms with Crippen molar-refractivity contribution in [1.82, 2.24) is 4.98 Å². The maximum atomic E-state index is 12.5. The zero-order valence-electron chi connectivity index (χ0n) is 11.4. The van der Waals surface area contributed by atoms with Crippen LogP contribution in [-0.4, -0.2) is 18.6 Å². The van der Waals surface area contributed by atoms with Gasteiger partial charge in [-0.1, -0.05) is 30.3 Å². The lowest BCUT2D eigenvalue weighted by molar-refractivity contribution is 0.387. The lowest BCUT2D eigenvalue weighted by Gasteiger charge is -2.12. The molecule has 0 amide bonds. The summed E-state index contributed by atoms with van der Waals surface area (Å²) in [5, 5.41) is 9.89. The van der Waals surface area contributed by atoms with Crippen molar-refractivity contribution in [2.75, 3.05) is 10.2 Å². The van der Waals surface area contributed by atoms with Crippen LogP contribution in [0.2, 0.25) is 0 Å². The maximum absolute atomic E-state index is 12.5. The Hall–Kier alpha value is -2.64. The number of rotatable bonds is 4. The summed E-state index contributed by atoms with van der Waals surface area (Å²) in [5.74, 6) is 0. The van der Waals surface area contributed by atoms with Crippen LogP contribution < -0.4 is 10.2 Å². The predicted molar refractivity (Wildman–Crippen MR) is 84.4 cm³/mol. The number of anilines is 2. The number of hydrogen-bond acceptors (Lipinski definition) is 5. The third-order valence-electron chi connectivity index (χ3n) is 3.17. The van der Waals surface area contributed by atoms with Crippen LogP contribution in [0.15, 0.2) is 65.7 Å². The molecule has 6 nitrogen and oxygen atoms in total. The zero-order chi connectivity index (χ0) is 15.6. The first kappa shape index (κ1) is 14.3. The van der Waals surface area contributed by atoms with E-state index < -0.39 is 10.0 Å². The molecule has 1 aromatic heterocycles. The number of nitrogens with one attached hydrogen (secondary N) is 2. The molecule has 7 heteroatoms. The fraction of sp³-hybridized carbons (Fsp3) is 0. The van der Waals surface area contributed by atoms with Crippen LogP contribution in [0.3, 0.4) is 0 Å². The molecule has 3 N–H and O–H groups in total. The summed E-state index contributed by atoms with van der Waals surface area (Å²) in [6.07, 6.45) is 1.60. The molecule has 0 fully saturated rings. The first-order valence-electron chi connectivity index (χ1n) is 6.47. The van der Waals surface area contributed by atoms with Gasteiger partial charge in [0, 0.05) is 11.6 Å². The molecule has 112 valence electrons. The second-order valence-electron chi connectivity index (χ2n) is 4.59. The van der Waals surface area contributed by atoms with E-state index >= 15 is 0 Å². The molecule has 3 aromatic rings. The van der Waals surface area contributed by atoms with Crippen LogP contribution in [0.25, 0.3) is 10.9 Å². The van der Waals surface area contributed by atoms with Gasteiger partial charge in [0.2, 0.25) is 0 Å². The number of hydrogen-bond donors (Lipinski definition) is 3. The van der Waals surface area contributed by atoms with E-state index in [2.05, 4.69) is 9.71 Å². The Labute approximate surface area is 127 Å². The predicted octanol–water partition coefficient (Wildman–Crippen LogP) is 2.84. The number of nitrogens with zero attached hydrogens (tertiary/aromatic N) is 1. The van der Waals surface area contributed by atoms with Gasteiger partial charge in [0.05, 0.1) is 16.9 Å². The van der Waals surface area contributed by atoms with Crippen LogP contribution in [0.1, 0.15) is 0 Å². The highest BCUT2D eigenvalue weighted by Crippen LogP contribution is 2.26. The molecule has 0 aliphatic heterocycles. The summed E-state index contributed by atoms with van der Waals surface area (Å²) >= 11 is 0. The van der Waals surface area contributed by atoms with Crippen LogP contribution in [0.5, 0.6) is 0 Å². The largest absolute Gasteiger partial charge is 0.291 e. The van der Waals surface area contributed by atoms with Crippen LogP contribution >= 0.6 is 0 Å². The summed E-state index contributed by atoms with van der Waals surface area (Å²) in [4.78, 5) is 4.16. The van der Waals surface area contributed by atoms with Crippen molar-refractivity contribution < 1.29 is 13.6 Å². The Morgan fingerprint density at radius 2 is 1.64 bits per heavy atom. The summed E-state index contributed by atoms with van der Waals surface area (Å²) in [5.41, 5.74) is 2.93. The third-order valence-corrected chi connectivity index (χ3v) is 4.60. The van der Waals surface area contributed by atoms with E-state index in [0.717, 1.165) is 5.39 Å². The molecule has 0 aliphatic carbocycles. The second-order valence-corrected chi connectivity index (χ2v) is 6.24. The van der Waals surface area contributed by atoms with E-state index in [1.54, 1.807) is 36.5 Å². The number of aromatic nitrogens is 1. The first-order valence-corrected chi connectivity index (χ1v) is 7.96. The fourth-order valence-corrected chi connectivity index (χ4v) is 3.40. The van der Waals surface area contributed by atoms with Crippen molar-refractivity contribution in [3.05, 3.63) is 60.8 Å². The number of sulfonamides is 1. The third kappa shape index (κ3) is 2.59. The van der Waals surface area contributed by atoms with Crippen molar-refractivity contribution in [1.29, 1.82) is 0 Å². The van der Waals surface area contributed by atoms with E-state index in [1.165, 1.54) is 12.1 Å². The summed E-state index contributed by atoms with van der Waals surface area (Å²) < 4.78 is 27.6. The van der Waals surface area contributed by atoms with Gasteiger partial charge in [-0.2, -0.15) is 0 Å². The molecular formula is C15H13N3O3S. The Balaban J connectivity index is 2.07. The fourth-order valence-electron chi connectivity index (χ4n) is 2.18. The van der Waals surface area contributed by atoms with E-state index in [0.29, 0.717) is 11.2 Å². The average Bonchev–Trinajstić information content (AvgIpc) is 2.55. The molecule has 0 bridgehead atoms. The molecule has 0 aliphatic rings. The minimum Gasteiger partial charge on any atom is -0.291 e. The Kier molecular flexibility index (Phi) is 3.66. The zero-order valence-corrected chi connectivity index (χ0v) is 12.2. The second kappa shape index (κ2) is 5.63. The van der Waals surface area contributed by atoms with Gasteiger partial charge in [-0.25, -0.2) is 8.42 Å². The van der Waals surface area contributed by atoms with Crippen LogP contribution in [0, 0.1) is 0 Å². The van der Waals surface area contributed by atoms with E-state index in [1.807, 2.05) is 17.6 Å². The van der Waals surface area contributed by atoms with Gasteiger partial charge in [-0.15, -0.1) is 0 Å². The molecule has 1 heterocycles. The van der Waals surface area contributed by atoms with Gasteiger partial charge < -0.3 is 0 Å². The summed E-state index contributed by atoms with van der Waals surface area (Å²) in [6, 6.07) is 14.9. The topological polar surface area (TPSA) is 91.3 Å². The number of fused-ring (bicyclic) bond motifs is 1. The van der Waals surface area contributed by atoms with Crippen LogP contribution in [-0.2, 0) is 10.0 Å². The quantitative estimate of drug-likeness (QED) is 0.644. The van der Waals surface area contributed by atoms with Crippen molar-refractivity contribution in [3.8, 4) is 0 Å². The van der Waals surface area contributed by atoms with Gasteiger partial charge in [0.1, 0.15) is 4.90 Å². The van der Waals surface area contributed by atoms with E-state index in [-0.39, 0.29) is 10.6 Å².